The van der Waals surface area contributed by atoms with Crippen molar-refractivity contribution in [2.24, 2.45) is 0 Å². The molecule has 0 spiro atoms. The number of hydrogen-bond donors (Lipinski definition) is 1. The molecular weight excluding hydrogens is 418 g/mol. The maximum atomic E-state index is 12.8. The summed E-state index contributed by atoms with van der Waals surface area (Å²) in [4.78, 5) is 33.1. The highest BCUT2D eigenvalue weighted by Gasteiger charge is 2.31. The number of nitrogens with zero attached hydrogens (tertiary/aromatic N) is 6. The Morgan fingerprint density at radius 3 is 2.39 bits per heavy atom. The molecule has 3 aromatic rings. The van der Waals surface area contributed by atoms with Gasteiger partial charge >= 0.3 is 0 Å². The molecule has 0 saturated heterocycles. The molecule has 2 aromatic heterocycles. The third-order valence-corrected chi connectivity index (χ3v) is 5.47. The first-order valence-electron chi connectivity index (χ1n) is 10.5. The second-order valence-corrected chi connectivity index (χ2v) is 7.59. The number of ketones is 1. The number of anilines is 2. The Morgan fingerprint density at radius 2 is 1.76 bits per heavy atom. The van der Waals surface area contributed by atoms with Gasteiger partial charge in [0.15, 0.2) is 11.6 Å². The Morgan fingerprint density at radius 1 is 1.03 bits per heavy atom. The third-order valence-electron chi connectivity index (χ3n) is 5.47. The summed E-state index contributed by atoms with van der Waals surface area (Å²) < 4.78 is 1.64. The number of nitrogens with one attached hydrogen (secondary N) is 1. The summed E-state index contributed by atoms with van der Waals surface area (Å²) in [5, 5.41) is 16.7. The molecule has 0 radical (unpaired) electrons. The van der Waals surface area contributed by atoms with Crippen molar-refractivity contribution in [3.05, 3.63) is 78.0 Å². The minimum atomic E-state index is -0.362. The molecule has 0 atom stereocenters. The van der Waals surface area contributed by atoms with E-state index in [0.717, 1.165) is 16.9 Å². The molecule has 33 heavy (non-hydrogen) atoms. The van der Waals surface area contributed by atoms with Crippen molar-refractivity contribution < 1.29 is 9.59 Å². The van der Waals surface area contributed by atoms with E-state index in [4.69, 9.17) is 0 Å². The van der Waals surface area contributed by atoms with Gasteiger partial charge in [-0.15, -0.1) is 0 Å². The molecule has 0 unspecified atom stereocenters. The largest absolute Gasteiger partial charge is 0.352 e. The van der Waals surface area contributed by atoms with E-state index in [-0.39, 0.29) is 30.1 Å². The predicted octanol–water partition coefficient (Wildman–Crippen LogP) is 2.55. The Hall–Kier alpha value is -4.45. The Kier molecular flexibility index (Phi) is 6.17. The smallest absolute Gasteiger partial charge is 0.220 e. The molecule has 0 aliphatic carbocycles. The van der Waals surface area contributed by atoms with Crippen molar-refractivity contribution in [1.29, 1.82) is 5.26 Å². The van der Waals surface area contributed by atoms with Crippen molar-refractivity contribution in [3.8, 4) is 11.9 Å². The number of aromatic nitrogens is 3. The zero-order valence-electron chi connectivity index (χ0n) is 18.4. The van der Waals surface area contributed by atoms with Crippen LogP contribution in [0.25, 0.3) is 5.82 Å². The number of Topliss-reactive ketones (excluding diaryl/α,β-unsaturated/α-hetero) is 1. The van der Waals surface area contributed by atoms with Crippen LogP contribution in [0.1, 0.15) is 18.4 Å². The summed E-state index contributed by atoms with van der Waals surface area (Å²) in [5.41, 5.74) is 2.74. The molecule has 9 nitrogen and oxygen atoms in total. The van der Waals surface area contributed by atoms with Gasteiger partial charge in [0.25, 0.3) is 0 Å². The SMILES string of the molecule is CN1C(=C(C#N)C(=O)CCC(=O)NCc2ccnc(-n3cccn3)c2)N(C)c2ccccc21. The van der Waals surface area contributed by atoms with E-state index in [2.05, 4.69) is 15.4 Å². The lowest BCUT2D eigenvalue weighted by Gasteiger charge is -2.19. The Balaban J connectivity index is 1.37. The van der Waals surface area contributed by atoms with Crippen molar-refractivity contribution in [2.75, 3.05) is 23.9 Å². The maximum Gasteiger partial charge on any atom is 0.220 e. The third kappa shape index (κ3) is 4.45. The minimum absolute atomic E-state index is 0.00519. The lowest BCUT2D eigenvalue weighted by molar-refractivity contribution is -0.124. The van der Waals surface area contributed by atoms with E-state index < -0.39 is 0 Å². The molecule has 3 heterocycles. The molecular formula is C24H23N7O2. The first-order chi connectivity index (χ1) is 16.0. The van der Waals surface area contributed by atoms with Crippen molar-refractivity contribution >= 4 is 23.1 Å². The van der Waals surface area contributed by atoms with E-state index >= 15 is 0 Å². The van der Waals surface area contributed by atoms with Gasteiger partial charge in [0.05, 0.1) is 11.4 Å². The molecule has 1 aromatic carbocycles. The van der Waals surface area contributed by atoms with Crippen LogP contribution in [0.15, 0.2) is 72.4 Å². The highest BCUT2D eigenvalue weighted by Crippen LogP contribution is 2.40. The van der Waals surface area contributed by atoms with Crippen LogP contribution in [0, 0.1) is 11.3 Å². The topological polar surface area (TPSA) is 107 Å². The van der Waals surface area contributed by atoms with Crippen LogP contribution in [-0.2, 0) is 16.1 Å². The summed E-state index contributed by atoms with van der Waals surface area (Å²) >= 11 is 0. The molecule has 0 saturated carbocycles. The number of benzene rings is 1. The summed E-state index contributed by atoms with van der Waals surface area (Å²) in [6.45, 7) is 0.302. The van der Waals surface area contributed by atoms with Gasteiger partial charge in [-0.1, -0.05) is 12.1 Å². The van der Waals surface area contributed by atoms with Crippen LogP contribution >= 0.6 is 0 Å². The molecule has 1 aliphatic rings. The highest BCUT2D eigenvalue weighted by atomic mass is 16.2. The van der Waals surface area contributed by atoms with Gasteiger partial charge in [0, 0.05) is 52.1 Å². The molecule has 1 aliphatic heterocycles. The number of allylic oxidation sites excluding steroid dienone is 1. The summed E-state index contributed by atoms with van der Waals surface area (Å²) in [7, 11) is 3.64. The molecule has 9 heteroatoms. The van der Waals surface area contributed by atoms with Crippen LogP contribution in [-0.4, -0.2) is 40.6 Å². The van der Waals surface area contributed by atoms with Crippen LogP contribution in [0.2, 0.25) is 0 Å². The molecule has 1 amide bonds. The minimum Gasteiger partial charge on any atom is -0.352 e. The number of fused-ring (bicyclic) bond motifs is 1. The monoisotopic (exact) mass is 441 g/mol. The Bertz CT molecular complexity index is 1230. The van der Waals surface area contributed by atoms with Crippen molar-refractivity contribution in [1.82, 2.24) is 20.1 Å². The molecule has 0 bridgehead atoms. The van der Waals surface area contributed by atoms with E-state index in [1.165, 1.54) is 0 Å². The fourth-order valence-corrected chi connectivity index (χ4v) is 3.80. The standard InChI is InChI=1S/C24H23N7O2/c1-29-19-6-3-4-7-20(19)30(2)24(29)18(15-25)21(32)8-9-23(33)27-16-17-10-12-26-22(14-17)31-13-5-11-28-31/h3-7,10-14H,8-9,16H2,1-2H3,(H,27,33). The summed E-state index contributed by atoms with van der Waals surface area (Å²) in [6.07, 6.45) is 5.05. The number of rotatable bonds is 7. The normalized spacial score (nSPS) is 12.3. The van der Waals surface area contributed by atoms with Gasteiger partial charge in [0.1, 0.15) is 17.5 Å². The van der Waals surface area contributed by atoms with Crippen LogP contribution < -0.4 is 15.1 Å². The van der Waals surface area contributed by atoms with Crippen LogP contribution in [0.5, 0.6) is 0 Å². The number of hydrogen-bond acceptors (Lipinski definition) is 7. The van der Waals surface area contributed by atoms with Gasteiger partial charge < -0.3 is 15.1 Å². The van der Waals surface area contributed by atoms with Gasteiger partial charge in [-0.25, -0.2) is 9.67 Å². The van der Waals surface area contributed by atoms with E-state index in [0.29, 0.717) is 18.2 Å². The number of nitriles is 1. The first-order valence-corrected chi connectivity index (χ1v) is 10.5. The highest BCUT2D eigenvalue weighted by molar-refractivity contribution is 6.03. The molecule has 4 rings (SSSR count). The van der Waals surface area contributed by atoms with E-state index in [1.54, 1.807) is 35.4 Å². The van der Waals surface area contributed by atoms with Gasteiger partial charge in [-0.05, 0) is 35.9 Å². The average Bonchev–Trinajstić information content (AvgIpc) is 3.46. The number of amides is 1. The van der Waals surface area contributed by atoms with Crippen LogP contribution in [0.4, 0.5) is 11.4 Å². The predicted molar refractivity (Wildman–Crippen MR) is 123 cm³/mol. The first kappa shape index (κ1) is 21.8. The van der Waals surface area contributed by atoms with Gasteiger partial charge in [-0.2, -0.15) is 10.4 Å². The second kappa shape index (κ2) is 9.36. The number of carbonyl (C=O) groups is 2. The fourth-order valence-electron chi connectivity index (χ4n) is 3.80. The number of para-hydroxylation sites is 2. The fraction of sp³-hybridized carbons (Fsp3) is 0.208. The second-order valence-electron chi connectivity index (χ2n) is 7.59. The number of carbonyl (C=O) groups excluding carboxylic acids is 2. The molecule has 0 fully saturated rings. The van der Waals surface area contributed by atoms with E-state index in [1.807, 2.05) is 60.3 Å². The number of pyridine rings is 1. The summed E-state index contributed by atoms with van der Waals surface area (Å²) in [6, 6.07) is 15.2. The molecule has 166 valence electrons. The lowest BCUT2D eigenvalue weighted by Crippen LogP contribution is -2.27. The maximum absolute atomic E-state index is 12.8. The molecule has 1 N–H and O–H groups in total. The Labute approximate surface area is 191 Å². The van der Waals surface area contributed by atoms with Crippen molar-refractivity contribution in [3.63, 3.8) is 0 Å². The van der Waals surface area contributed by atoms with E-state index in [9.17, 15) is 14.9 Å². The van der Waals surface area contributed by atoms with Gasteiger partial charge in [-0.3, -0.25) is 9.59 Å². The van der Waals surface area contributed by atoms with Crippen molar-refractivity contribution in [2.45, 2.75) is 19.4 Å². The van der Waals surface area contributed by atoms with Crippen LogP contribution in [0.3, 0.4) is 0 Å². The van der Waals surface area contributed by atoms with Gasteiger partial charge in [0.2, 0.25) is 5.91 Å². The quantitative estimate of drug-likeness (QED) is 0.443. The lowest BCUT2D eigenvalue weighted by atomic mass is 10.1. The zero-order chi connectivity index (χ0) is 23.4. The summed E-state index contributed by atoms with van der Waals surface area (Å²) in [5.74, 6) is 0.545. The zero-order valence-corrected chi connectivity index (χ0v) is 18.4. The average molecular weight is 441 g/mol.